The van der Waals surface area contributed by atoms with Gasteiger partial charge in [0.25, 0.3) is 11.6 Å². The maximum absolute atomic E-state index is 13.4. The Hall–Kier alpha value is -3.05. The molecular weight excluding hydrogens is 415 g/mol. The normalized spacial score (nSPS) is 15.1. The van der Waals surface area contributed by atoms with E-state index >= 15 is 0 Å². The molecule has 1 amide bonds. The summed E-state index contributed by atoms with van der Waals surface area (Å²) in [5, 5.41) is 11.1. The minimum Gasteiger partial charge on any atom is -0.377 e. The van der Waals surface area contributed by atoms with Gasteiger partial charge in [0.15, 0.2) is 0 Å². The van der Waals surface area contributed by atoms with Gasteiger partial charge in [-0.15, -0.1) is 0 Å². The fourth-order valence-corrected chi connectivity index (χ4v) is 4.73. The first kappa shape index (κ1) is 21.7. The van der Waals surface area contributed by atoms with Gasteiger partial charge in [-0.1, -0.05) is 6.07 Å². The van der Waals surface area contributed by atoms with Crippen LogP contribution in [0.3, 0.4) is 0 Å². The molecule has 3 rings (SSSR count). The molecule has 0 aliphatic carbocycles. The fraction of sp³-hybridized carbons (Fsp3) is 0.316. The van der Waals surface area contributed by atoms with Gasteiger partial charge in [-0.05, 0) is 24.3 Å². The van der Waals surface area contributed by atoms with E-state index in [0.29, 0.717) is 5.69 Å². The largest absolute Gasteiger partial charge is 0.377 e. The second-order valence-corrected chi connectivity index (χ2v) is 8.94. The highest BCUT2D eigenvalue weighted by atomic mass is 32.2. The van der Waals surface area contributed by atoms with E-state index < -0.39 is 26.7 Å². The summed E-state index contributed by atoms with van der Waals surface area (Å²) in [6.07, 6.45) is 0. The number of carbonyl (C=O) groups excluding carboxylic acids is 1. The fourth-order valence-electron chi connectivity index (χ4n) is 3.28. The van der Waals surface area contributed by atoms with Gasteiger partial charge < -0.3 is 9.80 Å². The number of carbonyl (C=O) groups is 1. The van der Waals surface area contributed by atoms with E-state index in [-0.39, 0.29) is 42.3 Å². The van der Waals surface area contributed by atoms with Crippen LogP contribution in [0, 0.1) is 15.9 Å². The molecule has 9 nitrogen and oxygen atoms in total. The quantitative estimate of drug-likeness (QED) is 0.524. The van der Waals surface area contributed by atoms with Crippen LogP contribution >= 0.6 is 0 Å². The minimum atomic E-state index is -3.88. The number of nitro groups is 1. The number of hydrogen-bond donors (Lipinski definition) is 0. The van der Waals surface area contributed by atoms with E-state index in [0.717, 1.165) is 12.1 Å². The Morgan fingerprint density at radius 2 is 1.77 bits per heavy atom. The maximum atomic E-state index is 13.4. The highest BCUT2D eigenvalue weighted by Crippen LogP contribution is 2.26. The Kier molecular flexibility index (Phi) is 6.04. The van der Waals surface area contributed by atoms with Crippen molar-refractivity contribution in [1.82, 2.24) is 9.21 Å². The summed E-state index contributed by atoms with van der Waals surface area (Å²) >= 11 is 0. The summed E-state index contributed by atoms with van der Waals surface area (Å²) in [5.74, 6) is -1.06. The summed E-state index contributed by atoms with van der Waals surface area (Å²) in [4.78, 5) is 26.6. The number of hydrogen-bond acceptors (Lipinski definition) is 6. The number of nitrogens with zero attached hydrogens (tertiary/aromatic N) is 4. The Labute approximate surface area is 173 Å². The van der Waals surface area contributed by atoms with E-state index in [2.05, 4.69) is 0 Å². The molecule has 11 heteroatoms. The highest BCUT2D eigenvalue weighted by Gasteiger charge is 2.32. The first-order valence-corrected chi connectivity index (χ1v) is 10.6. The van der Waals surface area contributed by atoms with E-state index in [1.54, 1.807) is 19.0 Å². The van der Waals surface area contributed by atoms with Crippen molar-refractivity contribution in [2.45, 2.75) is 4.90 Å². The molecule has 0 aromatic heterocycles. The van der Waals surface area contributed by atoms with Crippen LogP contribution in [0.2, 0.25) is 0 Å². The van der Waals surface area contributed by atoms with Crippen molar-refractivity contribution in [1.29, 1.82) is 0 Å². The summed E-state index contributed by atoms with van der Waals surface area (Å²) in [6.45, 7) is 0.305. The smallest absolute Gasteiger partial charge is 0.270 e. The van der Waals surface area contributed by atoms with Crippen molar-refractivity contribution in [3.63, 3.8) is 0 Å². The SMILES string of the molecule is CN(C)c1ccc([N+](=O)[O-])cc1C(=O)N1CCN(S(=O)(=O)c2cccc(F)c2)CC1. The Bertz CT molecular complexity index is 1080. The summed E-state index contributed by atoms with van der Waals surface area (Å²) in [7, 11) is -0.433. The number of halogens is 1. The van der Waals surface area contributed by atoms with Crippen LogP contribution in [0.5, 0.6) is 0 Å². The number of benzene rings is 2. The van der Waals surface area contributed by atoms with Gasteiger partial charge in [0.2, 0.25) is 10.0 Å². The van der Waals surface area contributed by atoms with Crippen LogP contribution in [0.4, 0.5) is 15.8 Å². The van der Waals surface area contributed by atoms with Crippen LogP contribution in [0.15, 0.2) is 47.4 Å². The molecule has 0 unspecified atom stereocenters. The predicted molar refractivity (Wildman–Crippen MR) is 108 cm³/mol. The molecule has 1 fully saturated rings. The van der Waals surface area contributed by atoms with Gasteiger partial charge >= 0.3 is 0 Å². The number of non-ortho nitro benzene ring substituents is 1. The molecule has 0 bridgehead atoms. The second-order valence-electron chi connectivity index (χ2n) is 7.01. The number of anilines is 1. The monoisotopic (exact) mass is 436 g/mol. The lowest BCUT2D eigenvalue weighted by atomic mass is 10.1. The molecule has 1 heterocycles. The molecule has 0 saturated carbocycles. The molecule has 1 saturated heterocycles. The highest BCUT2D eigenvalue weighted by molar-refractivity contribution is 7.89. The lowest BCUT2D eigenvalue weighted by Crippen LogP contribution is -2.50. The second kappa shape index (κ2) is 8.36. The lowest BCUT2D eigenvalue weighted by molar-refractivity contribution is -0.384. The maximum Gasteiger partial charge on any atom is 0.270 e. The average Bonchev–Trinajstić information content (AvgIpc) is 2.72. The van der Waals surface area contributed by atoms with Crippen molar-refractivity contribution in [2.75, 3.05) is 45.2 Å². The third-order valence-corrected chi connectivity index (χ3v) is 6.76. The lowest BCUT2D eigenvalue weighted by Gasteiger charge is -2.34. The molecule has 0 radical (unpaired) electrons. The van der Waals surface area contributed by atoms with E-state index in [9.17, 15) is 27.7 Å². The molecule has 1 aliphatic rings. The first-order chi connectivity index (χ1) is 14.1. The van der Waals surface area contributed by atoms with Crippen LogP contribution in [-0.4, -0.2) is 68.7 Å². The van der Waals surface area contributed by atoms with Gasteiger partial charge in [-0.3, -0.25) is 14.9 Å². The van der Waals surface area contributed by atoms with Gasteiger partial charge in [0, 0.05) is 58.1 Å². The molecule has 2 aromatic rings. The van der Waals surface area contributed by atoms with Gasteiger partial charge in [-0.2, -0.15) is 4.31 Å². The molecule has 2 aromatic carbocycles. The topological polar surface area (TPSA) is 104 Å². The van der Waals surface area contributed by atoms with Crippen LogP contribution < -0.4 is 4.90 Å². The predicted octanol–water partition coefficient (Wildman–Crippen LogP) is 1.95. The molecule has 30 heavy (non-hydrogen) atoms. The standard InChI is InChI=1S/C19H21FN4O5S/c1-21(2)18-7-6-15(24(26)27)13-17(18)19(25)22-8-10-23(11-9-22)30(28,29)16-5-3-4-14(20)12-16/h3-7,12-13H,8-11H2,1-2H3. The summed E-state index contributed by atoms with van der Waals surface area (Å²) < 4.78 is 40.1. The van der Waals surface area contributed by atoms with Crippen molar-refractivity contribution >= 4 is 27.3 Å². The summed E-state index contributed by atoms with van der Waals surface area (Å²) in [5.41, 5.74) is 0.507. The van der Waals surface area contributed by atoms with Crippen molar-refractivity contribution < 1.29 is 22.5 Å². The number of sulfonamides is 1. The Morgan fingerprint density at radius 1 is 1.10 bits per heavy atom. The van der Waals surface area contributed by atoms with E-state index in [1.807, 2.05) is 0 Å². The zero-order chi connectivity index (χ0) is 22.1. The molecule has 0 atom stereocenters. The van der Waals surface area contributed by atoms with Crippen LogP contribution in [0.25, 0.3) is 0 Å². The molecule has 0 spiro atoms. The number of rotatable bonds is 5. The number of piperazine rings is 1. The Balaban J connectivity index is 1.79. The van der Waals surface area contributed by atoms with Crippen LogP contribution in [-0.2, 0) is 10.0 Å². The molecule has 160 valence electrons. The van der Waals surface area contributed by atoms with Crippen molar-refractivity contribution in [3.05, 3.63) is 64.0 Å². The van der Waals surface area contributed by atoms with E-state index in [1.165, 1.54) is 39.5 Å². The molecule has 1 aliphatic heterocycles. The van der Waals surface area contributed by atoms with Gasteiger partial charge in [0.1, 0.15) is 5.82 Å². The van der Waals surface area contributed by atoms with Crippen molar-refractivity contribution in [2.24, 2.45) is 0 Å². The third-order valence-electron chi connectivity index (χ3n) is 4.86. The third kappa shape index (κ3) is 4.26. The zero-order valence-corrected chi connectivity index (χ0v) is 17.3. The van der Waals surface area contributed by atoms with E-state index in [4.69, 9.17) is 0 Å². The molecule has 0 N–H and O–H groups in total. The van der Waals surface area contributed by atoms with Gasteiger partial charge in [0.05, 0.1) is 15.4 Å². The van der Waals surface area contributed by atoms with Gasteiger partial charge in [-0.25, -0.2) is 12.8 Å². The average molecular weight is 436 g/mol. The zero-order valence-electron chi connectivity index (χ0n) is 16.5. The number of amides is 1. The number of nitro benzene ring substituents is 1. The molecular formula is C19H21FN4O5S. The van der Waals surface area contributed by atoms with Crippen molar-refractivity contribution in [3.8, 4) is 0 Å². The first-order valence-electron chi connectivity index (χ1n) is 9.12. The Morgan fingerprint density at radius 3 is 2.33 bits per heavy atom. The van der Waals surface area contributed by atoms with Crippen LogP contribution in [0.1, 0.15) is 10.4 Å². The minimum absolute atomic E-state index is 0.0385. The summed E-state index contributed by atoms with van der Waals surface area (Å²) in [6, 6.07) is 8.84.